The molecular weight excluding hydrogens is 336 g/mol. The molecule has 2 aromatic rings. The van der Waals surface area contributed by atoms with E-state index in [1.165, 1.54) is 5.56 Å². The van der Waals surface area contributed by atoms with Gasteiger partial charge in [-0.1, -0.05) is 31.2 Å². The number of carbonyl (C=O) groups excluding carboxylic acids is 1. The number of amides is 1. The highest BCUT2D eigenvalue weighted by atomic mass is 35.5. The fourth-order valence-corrected chi connectivity index (χ4v) is 4.14. The standard InChI is InChI=1S/C20H24N2O2.ClH/c1-2-13-3-5-14(6-4-13)18-9-10-19(24-18)20(23)22-11-15-7-8-17(21)16(15)12-22;/h3-6,9-10,15-17H,2,7-8,11-12,21H2,1H3;1H. The number of likely N-dealkylation sites (tertiary alicyclic amines) is 1. The summed E-state index contributed by atoms with van der Waals surface area (Å²) in [5, 5.41) is 0. The molecule has 0 spiro atoms. The van der Waals surface area contributed by atoms with Crippen LogP contribution in [-0.2, 0) is 6.42 Å². The van der Waals surface area contributed by atoms with Gasteiger partial charge in [-0.05, 0) is 48.8 Å². The number of furan rings is 1. The van der Waals surface area contributed by atoms with Crippen LogP contribution in [0.3, 0.4) is 0 Å². The Morgan fingerprint density at radius 2 is 1.92 bits per heavy atom. The molecule has 1 aromatic carbocycles. The second kappa shape index (κ2) is 7.22. The molecule has 2 N–H and O–H groups in total. The van der Waals surface area contributed by atoms with Crippen LogP contribution in [-0.4, -0.2) is 29.9 Å². The lowest BCUT2D eigenvalue weighted by atomic mass is 9.98. The van der Waals surface area contributed by atoms with Gasteiger partial charge in [0.05, 0.1) is 0 Å². The molecule has 3 atom stereocenters. The summed E-state index contributed by atoms with van der Waals surface area (Å²) in [5.41, 5.74) is 8.46. The number of hydrogen-bond donors (Lipinski definition) is 1. The normalized spacial score (nSPS) is 24.9. The first-order valence-corrected chi connectivity index (χ1v) is 8.89. The molecule has 134 valence electrons. The molecular formula is C20H25ClN2O2. The van der Waals surface area contributed by atoms with E-state index in [0.29, 0.717) is 17.6 Å². The van der Waals surface area contributed by atoms with Gasteiger partial charge in [-0.15, -0.1) is 12.4 Å². The van der Waals surface area contributed by atoms with Gasteiger partial charge in [0.2, 0.25) is 0 Å². The van der Waals surface area contributed by atoms with Gasteiger partial charge in [0.1, 0.15) is 5.76 Å². The number of fused-ring (bicyclic) bond motifs is 1. The zero-order chi connectivity index (χ0) is 16.7. The number of rotatable bonds is 3. The Balaban J connectivity index is 0.00000182. The summed E-state index contributed by atoms with van der Waals surface area (Å²) in [6.45, 7) is 3.72. The van der Waals surface area contributed by atoms with E-state index in [1.54, 1.807) is 6.07 Å². The summed E-state index contributed by atoms with van der Waals surface area (Å²) in [6.07, 6.45) is 3.25. The Labute approximate surface area is 154 Å². The average Bonchev–Trinajstić information content (AvgIpc) is 3.32. The predicted molar refractivity (Wildman–Crippen MR) is 101 cm³/mol. The van der Waals surface area contributed by atoms with Crippen molar-refractivity contribution in [1.29, 1.82) is 0 Å². The van der Waals surface area contributed by atoms with Crippen molar-refractivity contribution in [2.45, 2.75) is 32.2 Å². The lowest BCUT2D eigenvalue weighted by molar-refractivity contribution is 0.0749. The van der Waals surface area contributed by atoms with Crippen LogP contribution in [0.2, 0.25) is 0 Å². The van der Waals surface area contributed by atoms with Crippen molar-refractivity contribution >= 4 is 18.3 Å². The average molecular weight is 361 g/mol. The van der Waals surface area contributed by atoms with E-state index in [2.05, 4.69) is 19.1 Å². The molecule has 2 heterocycles. The van der Waals surface area contributed by atoms with E-state index in [0.717, 1.165) is 43.7 Å². The molecule has 1 saturated heterocycles. The van der Waals surface area contributed by atoms with Crippen molar-refractivity contribution in [1.82, 2.24) is 4.90 Å². The van der Waals surface area contributed by atoms with Gasteiger partial charge in [-0.25, -0.2) is 0 Å². The minimum Gasteiger partial charge on any atom is -0.451 e. The number of aryl methyl sites for hydroxylation is 1. The molecule has 1 aromatic heterocycles. The van der Waals surface area contributed by atoms with Gasteiger partial charge in [0.15, 0.2) is 5.76 Å². The Kier molecular flexibility index (Phi) is 5.21. The Morgan fingerprint density at radius 3 is 2.60 bits per heavy atom. The van der Waals surface area contributed by atoms with E-state index in [-0.39, 0.29) is 24.4 Å². The molecule has 2 aliphatic rings. The first-order valence-electron chi connectivity index (χ1n) is 8.89. The molecule has 4 rings (SSSR count). The fourth-order valence-electron chi connectivity index (χ4n) is 4.14. The third-order valence-corrected chi connectivity index (χ3v) is 5.66. The van der Waals surface area contributed by atoms with Gasteiger partial charge in [-0.3, -0.25) is 4.79 Å². The zero-order valence-electron chi connectivity index (χ0n) is 14.5. The molecule has 25 heavy (non-hydrogen) atoms. The minimum absolute atomic E-state index is 0. The monoisotopic (exact) mass is 360 g/mol. The second-order valence-corrected chi connectivity index (χ2v) is 7.09. The third kappa shape index (κ3) is 3.33. The number of nitrogens with zero attached hydrogens (tertiary/aromatic N) is 1. The van der Waals surface area contributed by atoms with Crippen molar-refractivity contribution in [3.63, 3.8) is 0 Å². The number of nitrogens with two attached hydrogens (primary N) is 1. The van der Waals surface area contributed by atoms with Crippen molar-refractivity contribution in [2.24, 2.45) is 17.6 Å². The minimum atomic E-state index is -0.00646. The number of halogens is 1. The SMILES string of the molecule is CCc1ccc(-c2ccc(C(=O)N3CC4CCC(N)C4C3)o2)cc1.Cl. The maximum Gasteiger partial charge on any atom is 0.289 e. The maximum atomic E-state index is 12.7. The van der Waals surface area contributed by atoms with Crippen LogP contribution in [0.4, 0.5) is 0 Å². The van der Waals surface area contributed by atoms with Gasteiger partial charge < -0.3 is 15.1 Å². The number of carbonyl (C=O) groups is 1. The van der Waals surface area contributed by atoms with Crippen molar-refractivity contribution < 1.29 is 9.21 Å². The Bertz CT molecular complexity index is 740. The summed E-state index contributed by atoms with van der Waals surface area (Å²) in [6, 6.07) is 12.2. The van der Waals surface area contributed by atoms with Crippen LogP contribution < -0.4 is 5.73 Å². The predicted octanol–water partition coefficient (Wildman–Crippen LogP) is 3.74. The van der Waals surface area contributed by atoms with Crippen LogP contribution >= 0.6 is 12.4 Å². The first-order chi connectivity index (χ1) is 11.7. The topological polar surface area (TPSA) is 59.5 Å². The second-order valence-electron chi connectivity index (χ2n) is 7.09. The van der Waals surface area contributed by atoms with Gasteiger partial charge in [0, 0.05) is 24.7 Å². The van der Waals surface area contributed by atoms with E-state index in [1.807, 2.05) is 23.1 Å². The molecule has 1 saturated carbocycles. The smallest absolute Gasteiger partial charge is 0.289 e. The summed E-state index contributed by atoms with van der Waals surface area (Å²) >= 11 is 0. The van der Waals surface area contributed by atoms with E-state index in [4.69, 9.17) is 10.2 Å². The molecule has 1 amide bonds. The van der Waals surface area contributed by atoms with Crippen LogP contribution in [0.5, 0.6) is 0 Å². The third-order valence-electron chi connectivity index (χ3n) is 5.66. The molecule has 4 nitrogen and oxygen atoms in total. The number of hydrogen-bond acceptors (Lipinski definition) is 3. The van der Waals surface area contributed by atoms with Gasteiger partial charge >= 0.3 is 0 Å². The zero-order valence-corrected chi connectivity index (χ0v) is 15.3. The highest BCUT2D eigenvalue weighted by Gasteiger charge is 2.43. The lowest BCUT2D eigenvalue weighted by Gasteiger charge is -2.17. The molecule has 0 bridgehead atoms. The highest BCUT2D eigenvalue weighted by molar-refractivity contribution is 5.92. The first kappa shape index (κ1) is 18.0. The molecule has 5 heteroatoms. The van der Waals surface area contributed by atoms with Crippen LogP contribution in [0.15, 0.2) is 40.8 Å². The van der Waals surface area contributed by atoms with E-state index in [9.17, 15) is 4.79 Å². The van der Waals surface area contributed by atoms with Gasteiger partial charge in [0.25, 0.3) is 5.91 Å². The van der Waals surface area contributed by atoms with Crippen molar-refractivity contribution in [3.8, 4) is 11.3 Å². The molecule has 2 fully saturated rings. The lowest BCUT2D eigenvalue weighted by Crippen LogP contribution is -2.33. The van der Waals surface area contributed by atoms with Gasteiger partial charge in [-0.2, -0.15) is 0 Å². The Morgan fingerprint density at radius 1 is 1.16 bits per heavy atom. The van der Waals surface area contributed by atoms with Crippen LogP contribution in [0.1, 0.15) is 35.9 Å². The summed E-state index contributed by atoms with van der Waals surface area (Å²) < 4.78 is 5.84. The molecule has 1 aliphatic carbocycles. The highest BCUT2D eigenvalue weighted by Crippen LogP contribution is 2.37. The maximum absolute atomic E-state index is 12.7. The Hall–Kier alpha value is -1.78. The summed E-state index contributed by atoms with van der Waals surface area (Å²) in [7, 11) is 0. The van der Waals surface area contributed by atoms with Crippen LogP contribution in [0.25, 0.3) is 11.3 Å². The summed E-state index contributed by atoms with van der Waals surface area (Å²) in [5.74, 6) is 2.20. The quantitative estimate of drug-likeness (QED) is 0.907. The molecule has 0 radical (unpaired) electrons. The fraction of sp³-hybridized carbons (Fsp3) is 0.450. The summed E-state index contributed by atoms with van der Waals surface area (Å²) in [4.78, 5) is 14.6. The molecule has 1 aliphatic heterocycles. The van der Waals surface area contributed by atoms with Crippen molar-refractivity contribution in [3.05, 3.63) is 47.7 Å². The van der Waals surface area contributed by atoms with Crippen molar-refractivity contribution in [2.75, 3.05) is 13.1 Å². The van der Waals surface area contributed by atoms with Crippen LogP contribution in [0, 0.1) is 11.8 Å². The molecule has 3 unspecified atom stereocenters. The largest absolute Gasteiger partial charge is 0.451 e. The number of benzene rings is 1. The van der Waals surface area contributed by atoms with E-state index < -0.39 is 0 Å². The van der Waals surface area contributed by atoms with E-state index >= 15 is 0 Å².